The Kier molecular flexibility index (Phi) is 3.56. The van der Waals surface area contributed by atoms with E-state index >= 15 is 0 Å². The van der Waals surface area contributed by atoms with Gasteiger partial charge in [0, 0.05) is 19.3 Å². The minimum atomic E-state index is 1.10. The summed E-state index contributed by atoms with van der Waals surface area (Å²) in [5.74, 6) is 0. The molecule has 0 N–H and O–H groups in total. The molecule has 0 amide bonds. The van der Waals surface area contributed by atoms with Crippen molar-refractivity contribution in [3.63, 3.8) is 0 Å². The molecule has 0 aliphatic rings. The van der Waals surface area contributed by atoms with Crippen LogP contribution >= 0.6 is 0 Å². The van der Waals surface area contributed by atoms with E-state index in [2.05, 4.69) is 49.7 Å². The Labute approximate surface area is 80.7 Å². The van der Waals surface area contributed by atoms with Crippen LogP contribution in [0, 0.1) is 0 Å². The van der Waals surface area contributed by atoms with Crippen LogP contribution in [-0.2, 0) is 0 Å². The SMILES string of the molecule is C=Cc1ccc(N(C)CCC)cc1. The van der Waals surface area contributed by atoms with Gasteiger partial charge >= 0.3 is 0 Å². The fourth-order valence-electron chi connectivity index (χ4n) is 1.33. The summed E-state index contributed by atoms with van der Waals surface area (Å²) < 4.78 is 0. The van der Waals surface area contributed by atoms with E-state index in [1.807, 2.05) is 6.08 Å². The van der Waals surface area contributed by atoms with Gasteiger partial charge in [0.25, 0.3) is 0 Å². The third kappa shape index (κ3) is 2.62. The molecular formula is C12H17N. The van der Waals surface area contributed by atoms with Crippen molar-refractivity contribution in [2.45, 2.75) is 13.3 Å². The summed E-state index contributed by atoms with van der Waals surface area (Å²) in [6.07, 6.45) is 3.04. The second-order valence-electron chi connectivity index (χ2n) is 3.22. The van der Waals surface area contributed by atoms with Crippen LogP contribution in [0.4, 0.5) is 5.69 Å². The number of hydrogen-bond acceptors (Lipinski definition) is 1. The molecule has 1 aromatic rings. The normalized spacial score (nSPS) is 9.69. The highest BCUT2D eigenvalue weighted by atomic mass is 15.1. The van der Waals surface area contributed by atoms with E-state index in [1.54, 1.807) is 0 Å². The number of benzene rings is 1. The van der Waals surface area contributed by atoms with Gasteiger partial charge in [0.1, 0.15) is 0 Å². The predicted molar refractivity (Wildman–Crippen MR) is 60.1 cm³/mol. The van der Waals surface area contributed by atoms with Gasteiger partial charge in [-0.1, -0.05) is 31.7 Å². The largest absolute Gasteiger partial charge is 0.375 e. The van der Waals surface area contributed by atoms with Crippen LogP contribution in [0.5, 0.6) is 0 Å². The fourth-order valence-corrected chi connectivity index (χ4v) is 1.33. The van der Waals surface area contributed by atoms with Gasteiger partial charge in [-0.05, 0) is 24.1 Å². The Hall–Kier alpha value is -1.24. The Bertz CT molecular complexity index is 261. The first-order valence-corrected chi connectivity index (χ1v) is 4.71. The molecule has 0 aliphatic heterocycles. The van der Waals surface area contributed by atoms with E-state index in [9.17, 15) is 0 Å². The summed E-state index contributed by atoms with van der Waals surface area (Å²) in [6.45, 7) is 7.02. The molecule has 70 valence electrons. The van der Waals surface area contributed by atoms with E-state index < -0.39 is 0 Å². The Morgan fingerprint density at radius 2 is 1.92 bits per heavy atom. The average molecular weight is 175 g/mol. The highest BCUT2D eigenvalue weighted by Gasteiger charge is 1.97. The quantitative estimate of drug-likeness (QED) is 0.679. The number of hydrogen-bond donors (Lipinski definition) is 0. The lowest BCUT2D eigenvalue weighted by Crippen LogP contribution is -2.17. The second kappa shape index (κ2) is 4.70. The van der Waals surface area contributed by atoms with Crippen molar-refractivity contribution in [1.82, 2.24) is 0 Å². The minimum absolute atomic E-state index is 1.10. The molecule has 1 nitrogen and oxygen atoms in total. The number of nitrogens with zero attached hydrogens (tertiary/aromatic N) is 1. The predicted octanol–water partition coefficient (Wildman–Crippen LogP) is 3.18. The van der Waals surface area contributed by atoms with Crippen LogP contribution < -0.4 is 4.90 Å². The topological polar surface area (TPSA) is 3.24 Å². The lowest BCUT2D eigenvalue weighted by molar-refractivity contribution is 0.852. The van der Waals surface area contributed by atoms with Crippen molar-refractivity contribution in [3.8, 4) is 0 Å². The van der Waals surface area contributed by atoms with E-state index in [4.69, 9.17) is 0 Å². The fraction of sp³-hybridized carbons (Fsp3) is 0.333. The summed E-state index contributed by atoms with van der Waals surface area (Å²) in [5, 5.41) is 0. The summed E-state index contributed by atoms with van der Waals surface area (Å²) in [4.78, 5) is 2.26. The van der Waals surface area contributed by atoms with E-state index in [0.717, 1.165) is 6.54 Å². The first-order valence-electron chi connectivity index (χ1n) is 4.71. The minimum Gasteiger partial charge on any atom is -0.375 e. The van der Waals surface area contributed by atoms with E-state index in [1.165, 1.54) is 17.7 Å². The van der Waals surface area contributed by atoms with E-state index in [0.29, 0.717) is 0 Å². The van der Waals surface area contributed by atoms with Crippen molar-refractivity contribution < 1.29 is 0 Å². The molecule has 1 aromatic carbocycles. The molecule has 0 bridgehead atoms. The second-order valence-corrected chi connectivity index (χ2v) is 3.22. The highest BCUT2D eigenvalue weighted by molar-refractivity contribution is 5.54. The van der Waals surface area contributed by atoms with Gasteiger partial charge in [-0.15, -0.1) is 0 Å². The zero-order valence-electron chi connectivity index (χ0n) is 8.46. The molecule has 1 heteroatoms. The molecule has 1 rings (SSSR count). The first-order chi connectivity index (χ1) is 6.27. The summed E-state index contributed by atoms with van der Waals surface area (Å²) in [5.41, 5.74) is 2.45. The first kappa shape index (κ1) is 9.85. The molecule has 0 saturated heterocycles. The lowest BCUT2D eigenvalue weighted by Gasteiger charge is -2.18. The van der Waals surface area contributed by atoms with Crippen molar-refractivity contribution in [2.24, 2.45) is 0 Å². The monoisotopic (exact) mass is 175 g/mol. The van der Waals surface area contributed by atoms with Gasteiger partial charge in [0.05, 0.1) is 0 Å². The molecule has 0 atom stereocenters. The Morgan fingerprint density at radius 3 is 2.38 bits per heavy atom. The average Bonchev–Trinajstić information content (AvgIpc) is 2.18. The van der Waals surface area contributed by atoms with Crippen LogP contribution in [0.15, 0.2) is 30.8 Å². The molecule has 0 heterocycles. The molecular weight excluding hydrogens is 158 g/mol. The molecule has 0 unspecified atom stereocenters. The van der Waals surface area contributed by atoms with Crippen molar-refractivity contribution in [1.29, 1.82) is 0 Å². The standard InChI is InChI=1S/C12H17N/c1-4-10-13(3)12-8-6-11(5-2)7-9-12/h5-9H,2,4,10H2,1,3H3. The molecule has 0 radical (unpaired) electrons. The molecule has 13 heavy (non-hydrogen) atoms. The van der Waals surface area contributed by atoms with Crippen LogP contribution in [0.1, 0.15) is 18.9 Å². The molecule has 0 aliphatic carbocycles. The molecule has 0 spiro atoms. The number of anilines is 1. The van der Waals surface area contributed by atoms with E-state index in [-0.39, 0.29) is 0 Å². The van der Waals surface area contributed by atoms with Crippen LogP contribution in [0.25, 0.3) is 6.08 Å². The summed E-state index contributed by atoms with van der Waals surface area (Å²) in [7, 11) is 2.12. The third-order valence-electron chi connectivity index (χ3n) is 2.13. The smallest absolute Gasteiger partial charge is 0.0364 e. The number of rotatable bonds is 4. The van der Waals surface area contributed by atoms with Crippen LogP contribution in [0.3, 0.4) is 0 Å². The van der Waals surface area contributed by atoms with Crippen molar-refractivity contribution in [2.75, 3.05) is 18.5 Å². The van der Waals surface area contributed by atoms with Crippen LogP contribution in [-0.4, -0.2) is 13.6 Å². The summed E-state index contributed by atoms with van der Waals surface area (Å²) >= 11 is 0. The van der Waals surface area contributed by atoms with Gasteiger partial charge in [-0.2, -0.15) is 0 Å². The van der Waals surface area contributed by atoms with Gasteiger partial charge in [-0.3, -0.25) is 0 Å². The molecule has 0 aromatic heterocycles. The zero-order valence-corrected chi connectivity index (χ0v) is 8.46. The maximum atomic E-state index is 3.73. The van der Waals surface area contributed by atoms with Crippen molar-refractivity contribution in [3.05, 3.63) is 36.4 Å². The summed E-state index contributed by atoms with van der Waals surface area (Å²) in [6, 6.07) is 8.45. The van der Waals surface area contributed by atoms with Crippen molar-refractivity contribution >= 4 is 11.8 Å². The maximum Gasteiger partial charge on any atom is 0.0364 e. The van der Waals surface area contributed by atoms with Gasteiger partial charge in [-0.25, -0.2) is 0 Å². The molecule has 0 fully saturated rings. The van der Waals surface area contributed by atoms with Crippen LogP contribution in [0.2, 0.25) is 0 Å². The molecule has 0 saturated carbocycles. The van der Waals surface area contributed by atoms with Gasteiger partial charge in [0.15, 0.2) is 0 Å². The van der Waals surface area contributed by atoms with Gasteiger partial charge in [0.2, 0.25) is 0 Å². The maximum absolute atomic E-state index is 3.73. The van der Waals surface area contributed by atoms with Gasteiger partial charge < -0.3 is 4.90 Å². The Balaban J connectivity index is 2.73. The Morgan fingerprint density at radius 1 is 1.31 bits per heavy atom. The zero-order chi connectivity index (χ0) is 9.68. The lowest BCUT2D eigenvalue weighted by atomic mass is 10.2. The highest BCUT2D eigenvalue weighted by Crippen LogP contribution is 2.14. The third-order valence-corrected chi connectivity index (χ3v) is 2.13.